The number of hydrogen-bond acceptors (Lipinski definition) is 3. The van der Waals surface area contributed by atoms with E-state index in [1.54, 1.807) is 6.07 Å². The van der Waals surface area contributed by atoms with Crippen LogP contribution >= 0.6 is 0 Å². The molecule has 0 atom stereocenters. The number of halogens is 3. The van der Waals surface area contributed by atoms with Gasteiger partial charge >= 0.3 is 6.18 Å². The van der Waals surface area contributed by atoms with Crippen molar-refractivity contribution in [2.75, 3.05) is 36.8 Å². The summed E-state index contributed by atoms with van der Waals surface area (Å²) in [5.74, 6) is -0.863. The van der Waals surface area contributed by atoms with Crippen LogP contribution in [0.25, 0.3) is 0 Å². The first-order chi connectivity index (χ1) is 9.37. The van der Waals surface area contributed by atoms with E-state index in [0.717, 1.165) is 5.69 Å². The second kappa shape index (κ2) is 5.60. The Morgan fingerprint density at radius 2 is 1.75 bits per heavy atom. The van der Waals surface area contributed by atoms with Gasteiger partial charge in [-0.2, -0.15) is 13.2 Å². The molecule has 7 heteroatoms. The Morgan fingerprint density at radius 3 is 2.30 bits per heavy atom. The van der Waals surface area contributed by atoms with Gasteiger partial charge in [0.1, 0.15) is 6.42 Å². The molecule has 1 aromatic carbocycles. The van der Waals surface area contributed by atoms with Gasteiger partial charge in [-0.05, 0) is 12.1 Å². The summed E-state index contributed by atoms with van der Waals surface area (Å²) in [6.45, 7) is 1.53. The van der Waals surface area contributed by atoms with Gasteiger partial charge in [-0.25, -0.2) is 0 Å². The van der Waals surface area contributed by atoms with Crippen molar-refractivity contribution < 1.29 is 18.0 Å². The summed E-state index contributed by atoms with van der Waals surface area (Å²) >= 11 is 0. The molecular formula is C13H16F3N3O. The van der Waals surface area contributed by atoms with Crippen LogP contribution in [-0.4, -0.2) is 43.2 Å². The lowest BCUT2D eigenvalue weighted by Gasteiger charge is -2.36. The third-order valence-electron chi connectivity index (χ3n) is 3.26. The maximum Gasteiger partial charge on any atom is 0.397 e. The van der Waals surface area contributed by atoms with E-state index in [1.165, 1.54) is 4.90 Å². The van der Waals surface area contributed by atoms with E-state index in [9.17, 15) is 18.0 Å². The minimum absolute atomic E-state index is 0.281. The third-order valence-corrected chi connectivity index (χ3v) is 3.26. The Labute approximate surface area is 114 Å². The first-order valence-corrected chi connectivity index (χ1v) is 6.31. The number of nitrogens with zero attached hydrogens (tertiary/aromatic N) is 2. The fourth-order valence-electron chi connectivity index (χ4n) is 2.26. The molecule has 110 valence electrons. The van der Waals surface area contributed by atoms with E-state index < -0.39 is 18.5 Å². The zero-order chi connectivity index (χ0) is 14.8. The molecule has 1 aromatic rings. The van der Waals surface area contributed by atoms with Gasteiger partial charge in [0, 0.05) is 26.2 Å². The SMILES string of the molecule is Nc1ccccc1N1CCN(C(=O)CC(F)(F)F)CC1. The van der Waals surface area contributed by atoms with Crippen molar-refractivity contribution in [1.29, 1.82) is 0 Å². The van der Waals surface area contributed by atoms with Crippen LogP contribution in [0, 0.1) is 0 Å². The molecular weight excluding hydrogens is 271 g/mol. The van der Waals surface area contributed by atoms with Crippen LogP contribution in [0.3, 0.4) is 0 Å². The Bertz CT molecular complexity index is 482. The number of nitrogens with two attached hydrogens (primary N) is 1. The van der Waals surface area contributed by atoms with Crippen LogP contribution in [0.15, 0.2) is 24.3 Å². The van der Waals surface area contributed by atoms with Crippen LogP contribution in [-0.2, 0) is 4.79 Å². The minimum atomic E-state index is -4.45. The molecule has 1 saturated heterocycles. The topological polar surface area (TPSA) is 49.6 Å². The summed E-state index contributed by atoms with van der Waals surface area (Å²) in [7, 11) is 0. The predicted molar refractivity (Wildman–Crippen MR) is 70.3 cm³/mol. The molecule has 0 bridgehead atoms. The van der Waals surface area contributed by atoms with Gasteiger partial charge < -0.3 is 15.5 Å². The molecule has 0 aliphatic carbocycles. The number of carbonyl (C=O) groups is 1. The van der Waals surface area contributed by atoms with Crippen molar-refractivity contribution in [3.05, 3.63) is 24.3 Å². The summed E-state index contributed by atoms with van der Waals surface area (Å²) in [6, 6.07) is 7.31. The van der Waals surface area contributed by atoms with Crippen LogP contribution < -0.4 is 10.6 Å². The van der Waals surface area contributed by atoms with E-state index in [0.29, 0.717) is 18.8 Å². The van der Waals surface area contributed by atoms with Crippen LogP contribution in [0.5, 0.6) is 0 Å². The summed E-state index contributed by atoms with van der Waals surface area (Å²) in [4.78, 5) is 14.7. The first-order valence-electron chi connectivity index (χ1n) is 6.31. The minimum Gasteiger partial charge on any atom is -0.397 e. The van der Waals surface area contributed by atoms with Gasteiger partial charge in [0.15, 0.2) is 0 Å². The number of alkyl halides is 3. The van der Waals surface area contributed by atoms with Crippen LogP contribution in [0.2, 0.25) is 0 Å². The lowest BCUT2D eigenvalue weighted by atomic mass is 10.2. The number of hydrogen-bond donors (Lipinski definition) is 1. The van der Waals surface area contributed by atoms with Gasteiger partial charge in [0.05, 0.1) is 11.4 Å². The Hall–Kier alpha value is -1.92. The Balaban J connectivity index is 1.93. The molecule has 1 aliphatic rings. The van der Waals surface area contributed by atoms with Crippen molar-refractivity contribution in [3.8, 4) is 0 Å². The summed E-state index contributed by atoms with van der Waals surface area (Å²) in [5, 5.41) is 0. The number of carbonyl (C=O) groups excluding carboxylic acids is 1. The average Bonchev–Trinajstić information content (AvgIpc) is 2.37. The second-order valence-corrected chi connectivity index (χ2v) is 4.72. The van der Waals surface area contributed by atoms with Gasteiger partial charge in [-0.3, -0.25) is 4.79 Å². The lowest BCUT2D eigenvalue weighted by molar-refractivity contribution is -0.161. The molecule has 1 fully saturated rings. The number of amides is 1. The number of anilines is 2. The summed E-state index contributed by atoms with van der Waals surface area (Å²) in [5.41, 5.74) is 7.34. The third kappa shape index (κ3) is 3.55. The molecule has 0 radical (unpaired) electrons. The van der Waals surface area contributed by atoms with E-state index in [-0.39, 0.29) is 13.1 Å². The highest BCUT2D eigenvalue weighted by molar-refractivity contribution is 5.77. The van der Waals surface area contributed by atoms with Gasteiger partial charge in [-0.15, -0.1) is 0 Å². The maximum atomic E-state index is 12.2. The molecule has 20 heavy (non-hydrogen) atoms. The van der Waals surface area contributed by atoms with Crippen molar-refractivity contribution >= 4 is 17.3 Å². The Kier molecular flexibility index (Phi) is 4.06. The van der Waals surface area contributed by atoms with Gasteiger partial charge in [0.25, 0.3) is 0 Å². The van der Waals surface area contributed by atoms with E-state index >= 15 is 0 Å². The molecule has 0 spiro atoms. The van der Waals surface area contributed by atoms with Crippen molar-refractivity contribution in [1.82, 2.24) is 4.90 Å². The molecule has 2 rings (SSSR count). The first kappa shape index (κ1) is 14.5. The molecule has 0 saturated carbocycles. The van der Waals surface area contributed by atoms with Crippen LogP contribution in [0.4, 0.5) is 24.5 Å². The standard InChI is InChI=1S/C13H16F3N3O/c14-13(15,16)9-12(20)19-7-5-18(6-8-19)11-4-2-1-3-10(11)17/h1-4H,5-9,17H2. The molecule has 0 unspecified atom stereocenters. The number of benzene rings is 1. The van der Waals surface area contributed by atoms with Gasteiger partial charge in [0.2, 0.25) is 5.91 Å². The molecule has 1 amide bonds. The number of nitrogen functional groups attached to an aromatic ring is 1. The van der Waals surface area contributed by atoms with E-state index in [1.807, 2.05) is 23.1 Å². The fourth-order valence-corrected chi connectivity index (χ4v) is 2.26. The summed E-state index contributed by atoms with van der Waals surface area (Å²) < 4.78 is 36.5. The zero-order valence-electron chi connectivity index (χ0n) is 10.9. The van der Waals surface area contributed by atoms with Gasteiger partial charge in [-0.1, -0.05) is 12.1 Å². The second-order valence-electron chi connectivity index (χ2n) is 4.72. The maximum absolute atomic E-state index is 12.2. The molecule has 2 N–H and O–H groups in total. The molecule has 1 aliphatic heterocycles. The average molecular weight is 287 g/mol. The highest BCUT2D eigenvalue weighted by atomic mass is 19.4. The molecule has 4 nitrogen and oxygen atoms in total. The fraction of sp³-hybridized carbons (Fsp3) is 0.462. The van der Waals surface area contributed by atoms with Crippen molar-refractivity contribution in [2.45, 2.75) is 12.6 Å². The summed E-state index contributed by atoms with van der Waals surface area (Å²) in [6.07, 6.45) is -5.83. The van der Waals surface area contributed by atoms with E-state index in [2.05, 4.69) is 0 Å². The quantitative estimate of drug-likeness (QED) is 0.845. The smallest absolute Gasteiger partial charge is 0.397 e. The highest BCUT2D eigenvalue weighted by Gasteiger charge is 2.34. The number of para-hydroxylation sites is 2. The van der Waals surface area contributed by atoms with Crippen molar-refractivity contribution in [3.63, 3.8) is 0 Å². The highest BCUT2D eigenvalue weighted by Crippen LogP contribution is 2.25. The van der Waals surface area contributed by atoms with E-state index in [4.69, 9.17) is 5.73 Å². The normalized spacial score (nSPS) is 16.4. The predicted octanol–water partition coefficient (Wildman–Crippen LogP) is 1.87. The molecule has 1 heterocycles. The lowest BCUT2D eigenvalue weighted by Crippen LogP contribution is -2.49. The largest absolute Gasteiger partial charge is 0.397 e. The number of rotatable bonds is 2. The van der Waals surface area contributed by atoms with Crippen LogP contribution in [0.1, 0.15) is 6.42 Å². The number of piperazine rings is 1. The Morgan fingerprint density at radius 1 is 1.15 bits per heavy atom. The zero-order valence-corrected chi connectivity index (χ0v) is 10.9. The molecule has 0 aromatic heterocycles. The van der Waals surface area contributed by atoms with Crippen molar-refractivity contribution in [2.24, 2.45) is 0 Å². The monoisotopic (exact) mass is 287 g/mol.